The number of ether oxygens (including phenoxy) is 1. The van der Waals surface area contributed by atoms with Crippen molar-refractivity contribution in [2.24, 2.45) is 0 Å². The summed E-state index contributed by atoms with van der Waals surface area (Å²) in [6, 6.07) is 23.7. The number of carbonyl (C=O) groups is 1. The molecule has 0 saturated carbocycles. The van der Waals surface area contributed by atoms with E-state index < -0.39 is 6.09 Å². The molecule has 0 spiro atoms. The van der Waals surface area contributed by atoms with Gasteiger partial charge in [0.2, 0.25) is 0 Å². The summed E-state index contributed by atoms with van der Waals surface area (Å²) in [4.78, 5) is 14.5. The van der Waals surface area contributed by atoms with E-state index in [0.29, 0.717) is 11.4 Å². The van der Waals surface area contributed by atoms with Crippen molar-refractivity contribution in [3.8, 4) is 5.75 Å². The Labute approximate surface area is 166 Å². The van der Waals surface area contributed by atoms with Gasteiger partial charge in [-0.25, -0.2) is 4.79 Å². The number of hydrogen-bond donors (Lipinski definition) is 1. The van der Waals surface area contributed by atoms with Gasteiger partial charge >= 0.3 is 6.09 Å². The summed E-state index contributed by atoms with van der Waals surface area (Å²) in [5.74, 6) is 0.558. The normalized spacial score (nSPS) is 12.6. The standard InChI is InChI=1S/C22H19BrN2O2/c23-18-7-4-8-19(14-18)24-22(26)27-20-9-10-21-17(13-20)11-12-25(21)15-16-5-2-1-3-6-16/h1-10,13-14H,11-12,15H2,(H,24,26). The molecule has 0 radical (unpaired) electrons. The smallest absolute Gasteiger partial charge is 0.410 e. The van der Waals surface area contributed by atoms with Crippen LogP contribution in [-0.2, 0) is 13.0 Å². The molecule has 4 nitrogen and oxygen atoms in total. The van der Waals surface area contributed by atoms with E-state index in [1.165, 1.54) is 16.8 Å². The number of rotatable bonds is 4. The van der Waals surface area contributed by atoms with Crippen LogP contribution in [0.5, 0.6) is 5.75 Å². The number of halogens is 1. The first-order valence-electron chi connectivity index (χ1n) is 8.83. The molecule has 0 aliphatic carbocycles. The van der Waals surface area contributed by atoms with Gasteiger partial charge in [0.25, 0.3) is 0 Å². The zero-order chi connectivity index (χ0) is 18.6. The Bertz CT molecular complexity index is 960. The summed E-state index contributed by atoms with van der Waals surface area (Å²) in [6.45, 7) is 1.86. The van der Waals surface area contributed by atoms with Gasteiger partial charge in [-0.3, -0.25) is 5.32 Å². The lowest BCUT2D eigenvalue weighted by atomic mass is 10.1. The van der Waals surface area contributed by atoms with Crippen LogP contribution in [0.1, 0.15) is 11.1 Å². The number of nitrogens with one attached hydrogen (secondary N) is 1. The van der Waals surface area contributed by atoms with Crippen LogP contribution in [0, 0.1) is 0 Å². The maximum absolute atomic E-state index is 12.1. The van der Waals surface area contributed by atoms with Crippen molar-refractivity contribution in [1.29, 1.82) is 0 Å². The van der Waals surface area contributed by atoms with Crippen LogP contribution in [0.3, 0.4) is 0 Å². The first-order chi connectivity index (χ1) is 13.2. The number of anilines is 2. The van der Waals surface area contributed by atoms with Gasteiger partial charge in [0.15, 0.2) is 0 Å². The second-order valence-electron chi connectivity index (χ2n) is 6.47. The summed E-state index contributed by atoms with van der Waals surface area (Å²) in [7, 11) is 0. The van der Waals surface area contributed by atoms with Gasteiger partial charge in [0.1, 0.15) is 5.75 Å². The molecule has 4 rings (SSSR count). The van der Waals surface area contributed by atoms with E-state index in [1.807, 2.05) is 48.5 Å². The summed E-state index contributed by atoms with van der Waals surface area (Å²) < 4.78 is 6.35. The molecule has 0 unspecified atom stereocenters. The van der Waals surface area contributed by atoms with Crippen LogP contribution in [0.25, 0.3) is 0 Å². The molecule has 0 aromatic heterocycles. The van der Waals surface area contributed by atoms with Crippen LogP contribution in [0.15, 0.2) is 77.3 Å². The highest BCUT2D eigenvalue weighted by Gasteiger charge is 2.20. The van der Waals surface area contributed by atoms with Crippen LogP contribution in [-0.4, -0.2) is 12.6 Å². The molecule has 0 bridgehead atoms. The van der Waals surface area contributed by atoms with Crippen molar-refractivity contribution in [3.63, 3.8) is 0 Å². The Morgan fingerprint density at radius 2 is 1.89 bits per heavy atom. The van der Waals surface area contributed by atoms with E-state index in [2.05, 4.69) is 50.4 Å². The molecule has 0 fully saturated rings. The SMILES string of the molecule is O=C(Nc1cccc(Br)c1)Oc1ccc2c(c1)CCN2Cc1ccccc1. The maximum atomic E-state index is 12.1. The fourth-order valence-electron chi connectivity index (χ4n) is 3.29. The highest BCUT2D eigenvalue weighted by atomic mass is 79.9. The molecular weight excluding hydrogens is 404 g/mol. The van der Waals surface area contributed by atoms with Gasteiger partial charge in [0.05, 0.1) is 0 Å². The Balaban J connectivity index is 1.42. The van der Waals surface area contributed by atoms with Gasteiger partial charge in [-0.05, 0) is 53.9 Å². The second kappa shape index (κ2) is 7.84. The molecule has 136 valence electrons. The van der Waals surface area contributed by atoms with Crippen LogP contribution >= 0.6 is 15.9 Å². The monoisotopic (exact) mass is 422 g/mol. The third kappa shape index (κ3) is 4.31. The lowest BCUT2D eigenvalue weighted by Crippen LogP contribution is -2.19. The zero-order valence-corrected chi connectivity index (χ0v) is 16.3. The highest BCUT2D eigenvalue weighted by molar-refractivity contribution is 9.10. The van der Waals surface area contributed by atoms with Crippen molar-refractivity contribution >= 4 is 33.4 Å². The largest absolute Gasteiger partial charge is 0.417 e. The van der Waals surface area contributed by atoms with Crippen molar-refractivity contribution < 1.29 is 9.53 Å². The molecule has 3 aromatic carbocycles. The fourth-order valence-corrected chi connectivity index (χ4v) is 3.69. The predicted molar refractivity (Wildman–Crippen MR) is 111 cm³/mol. The molecular formula is C22H19BrN2O2. The van der Waals surface area contributed by atoms with Gasteiger partial charge in [-0.1, -0.05) is 52.3 Å². The van der Waals surface area contributed by atoms with Crippen molar-refractivity contribution in [2.75, 3.05) is 16.8 Å². The minimum absolute atomic E-state index is 0.493. The highest BCUT2D eigenvalue weighted by Crippen LogP contribution is 2.32. The second-order valence-corrected chi connectivity index (χ2v) is 7.39. The first-order valence-corrected chi connectivity index (χ1v) is 9.63. The third-order valence-corrected chi connectivity index (χ3v) is 5.03. The summed E-state index contributed by atoms with van der Waals surface area (Å²) >= 11 is 3.39. The molecule has 1 N–H and O–H groups in total. The van der Waals surface area contributed by atoms with Crippen LogP contribution in [0.4, 0.5) is 16.2 Å². The number of benzene rings is 3. The zero-order valence-electron chi connectivity index (χ0n) is 14.7. The Morgan fingerprint density at radius 1 is 1.04 bits per heavy atom. The summed E-state index contributed by atoms with van der Waals surface area (Å²) in [6.07, 6.45) is 0.458. The van der Waals surface area contributed by atoms with E-state index in [-0.39, 0.29) is 0 Å². The molecule has 0 atom stereocenters. The maximum Gasteiger partial charge on any atom is 0.417 e. The van der Waals surface area contributed by atoms with E-state index >= 15 is 0 Å². The minimum atomic E-state index is -0.493. The van der Waals surface area contributed by atoms with Gasteiger partial charge in [-0.15, -0.1) is 0 Å². The minimum Gasteiger partial charge on any atom is -0.410 e. The number of carbonyl (C=O) groups excluding carboxylic acids is 1. The van der Waals surface area contributed by atoms with Crippen LogP contribution < -0.4 is 15.0 Å². The van der Waals surface area contributed by atoms with Gasteiger partial charge in [-0.2, -0.15) is 0 Å². The molecule has 1 amide bonds. The first kappa shape index (κ1) is 17.6. The predicted octanol–water partition coefficient (Wildman–Crippen LogP) is 5.62. The average molecular weight is 423 g/mol. The Hall–Kier alpha value is -2.79. The summed E-state index contributed by atoms with van der Waals surface area (Å²) in [5, 5.41) is 2.74. The van der Waals surface area contributed by atoms with Gasteiger partial charge < -0.3 is 9.64 Å². The van der Waals surface area contributed by atoms with E-state index in [0.717, 1.165) is 24.0 Å². The van der Waals surface area contributed by atoms with Crippen molar-refractivity contribution in [1.82, 2.24) is 0 Å². The molecule has 1 aliphatic rings. The molecule has 3 aromatic rings. The Kier molecular flexibility index (Phi) is 5.12. The molecule has 27 heavy (non-hydrogen) atoms. The average Bonchev–Trinajstić information content (AvgIpc) is 3.04. The van der Waals surface area contributed by atoms with Crippen molar-refractivity contribution in [2.45, 2.75) is 13.0 Å². The molecule has 0 saturated heterocycles. The molecule has 5 heteroatoms. The number of fused-ring (bicyclic) bond motifs is 1. The molecule has 1 heterocycles. The van der Waals surface area contributed by atoms with E-state index in [9.17, 15) is 4.79 Å². The number of nitrogens with zero attached hydrogens (tertiary/aromatic N) is 1. The summed E-state index contributed by atoms with van der Waals surface area (Å²) in [5.41, 5.74) is 4.39. The van der Waals surface area contributed by atoms with Crippen LogP contribution in [0.2, 0.25) is 0 Å². The molecule has 1 aliphatic heterocycles. The van der Waals surface area contributed by atoms with E-state index in [4.69, 9.17) is 4.74 Å². The Morgan fingerprint density at radius 3 is 2.70 bits per heavy atom. The quantitative estimate of drug-likeness (QED) is 0.592. The lowest BCUT2D eigenvalue weighted by Gasteiger charge is -2.19. The topological polar surface area (TPSA) is 41.6 Å². The van der Waals surface area contributed by atoms with E-state index in [1.54, 1.807) is 0 Å². The number of hydrogen-bond acceptors (Lipinski definition) is 3. The number of amides is 1. The van der Waals surface area contributed by atoms with Gasteiger partial charge in [0, 0.05) is 28.9 Å². The third-order valence-electron chi connectivity index (χ3n) is 4.54. The fraction of sp³-hybridized carbons (Fsp3) is 0.136. The lowest BCUT2D eigenvalue weighted by molar-refractivity contribution is 0.215. The van der Waals surface area contributed by atoms with Crippen molar-refractivity contribution in [3.05, 3.63) is 88.4 Å².